The number of carbonyl (C=O) groups is 1. The monoisotopic (exact) mass is 366 g/mol. The second-order valence-electron chi connectivity index (χ2n) is 5.34. The van der Waals surface area contributed by atoms with Crippen LogP contribution in [0.2, 0.25) is 0 Å². The molecule has 10 nitrogen and oxygen atoms in total. The van der Waals surface area contributed by atoms with E-state index in [2.05, 4.69) is 19.7 Å². The first-order valence-corrected chi connectivity index (χ1v) is 8.96. The van der Waals surface area contributed by atoms with Crippen LogP contribution in [-0.2, 0) is 21.4 Å². The van der Waals surface area contributed by atoms with Crippen LogP contribution in [0.5, 0.6) is 0 Å². The van der Waals surface area contributed by atoms with Gasteiger partial charge in [-0.05, 0) is 18.2 Å². The van der Waals surface area contributed by atoms with Crippen molar-refractivity contribution in [1.29, 1.82) is 0 Å². The van der Waals surface area contributed by atoms with Gasteiger partial charge in [0.2, 0.25) is 21.9 Å². The topological polar surface area (TPSA) is 140 Å². The number of carbonyl (C=O) groups excluding carboxylic acids is 1. The van der Waals surface area contributed by atoms with E-state index < -0.39 is 16.0 Å². The van der Waals surface area contributed by atoms with Crippen LogP contribution in [0.1, 0.15) is 16.2 Å². The van der Waals surface area contributed by atoms with Crippen molar-refractivity contribution in [3.05, 3.63) is 35.7 Å². The maximum Gasteiger partial charge on any atom is 0.338 e. The van der Waals surface area contributed by atoms with Crippen molar-refractivity contribution in [2.45, 2.75) is 6.61 Å². The molecule has 0 aliphatic heterocycles. The van der Waals surface area contributed by atoms with Gasteiger partial charge in [-0.3, -0.25) is 4.72 Å². The summed E-state index contributed by atoms with van der Waals surface area (Å²) in [6.07, 6.45) is 1.02. The van der Waals surface area contributed by atoms with Crippen LogP contribution < -0.4 is 15.4 Å². The molecule has 1 aromatic heterocycles. The molecule has 0 radical (unpaired) electrons. The molecule has 0 saturated carbocycles. The van der Waals surface area contributed by atoms with Crippen LogP contribution in [0.15, 0.2) is 24.3 Å². The number of anilines is 3. The molecule has 25 heavy (non-hydrogen) atoms. The molecule has 0 spiro atoms. The number of hydrogen-bond donors (Lipinski definition) is 2. The van der Waals surface area contributed by atoms with Gasteiger partial charge in [0, 0.05) is 19.8 Å². The third kappa shape index (κ3) is 5.57. The predicted octanol–water partition coefficient (Wildman–Crippen LogP) is 0.248. The second-order valence-corrected chi connectivity index (χ2v) is 7.08. The molecule has 0 bridgehead atoms. The van der Waals surface area contributed by atoms with Crippen molar-refractivity contribution in [3.8, 4) is 0 Å². The zero-order valence-electron chi connectivity index (χ0n) is 13.9. The first-order chi connectivity index (χ1) is 11.6. The predicted molar refractivity (Wildman–Crippen MR) is 92.6 cm³/mol. The maximum atomic E-state index is 12.1. The van der Waals surface area contributed by atoms with Crippen LogP contribution in [0.25, 0.3) is 0 Å². The quantitative estimate of drug-likeness (QED) is 0.688. The molecule has 0 amide bonds. The smallest absolute Gasteiger partial charge is 0.338 e. The van der Waals surface area contributed by atoms with Gasteiger partial charge in [-0.15, -0.1) is 0 Å². The fraction of sp³-hybridized carbons (Fsp3) is 0.286. The minimum atomic E-state index is -3.44. The molecule has 11 heteroatoms. The van der Waals surface area contributed by atoms with E-state index in [1.165, 1.54) is 24.3 Å². The van der Waals surface area contributed by atoms with E-state index in [0.717, 1.165) is 6.26 Å². The lowest BCUT2D eigenvalue weighted by molar-refractivity contribution is 0.0462. The van der Waals surface area contributed by atoms with E-state index in [4.69, 9.17) is 10.5 Å². The molecule has 0 aliphatic rings. The zero-order valence-corrected chi connectivity index (χ0v) is 14.7. The first kappa shape index (κ1) is 18.4. The van der Waals surface area contributed by atoms with Gasteiger partial charge in [0.05, 0.1) is 11.8 Å². The standard InChI is InChI=1S/C14H18N6O4S/c1-20(2)14-17-11(16-13(15)18-14)8-24-12(21)9-5-4-6-10(7-9)19-25(3,22)23/h4-7,19H,8H2,1-3H3,(H2,15,16,17,18). The SMILES string of the molecule is CN(C)c1nc(N)nc(COC(=O)c2cccc(NS(C)(=O)=O)c2)n1. The second kappa shape index (κ2) is 7.30. The summed E-state index contributed by atoms with van der Waals surface area (Å²) < 4.78 is 29.9. The molecule has 1 aromatic carbocycles. The zero-order chi connectivity index (χ0) is 18.6. The van der Waals surface area contributed by atoms with Gasteiger partial charge >= 0.3 is 5.97 Å². The summed E-state index contributed by atoms with van der Waals surface area (Å²) in [5.41, 5.74) is 6.04. The Balaban J connectivity index is 2.09. The molecule has 0 unspecified atom stereocenters. The molecular formula is C14H18N6O4S. The highest BCUT2D eigenvalue weighted by Crippen LogP contribution is 2.14. The van der Waals surface area contributed by atoms with Gasteiger partial charge in [-0.1, -0.05) is 6.07 Å². The Bertz CT molecular complexity index is 885. The molecule has 2 rings (SSSR count). The molecule has 0 atom stereocenters. The number of rotatable bonds is 6. The summed E-state index contributed by atoms with van der Waals surface area (Å²) in [4.78, 5) is 25.7. The fourth-order valence-corrected chi connectivity index (χ4v) is 2.38. The summed E-state index contributed by atoms with van der Waals surface area (Å²) in [6, 6.07) is 5.93. The Morgan fingerprint density at radius 2 is 2.00 bits per heavy atom. The fourth-order valence-electron chi connectivity index (χ4n) is 1.83. The van der Waals surface area contributed by atoms with Crippen molar-refractivity contribution < 1.29 is 17.9 Å². The molecule has 1 heterocycles. The highest BCUT2D eigenvalue weighted by Gasteiger charge is 2.12. The average Bonchev–Trinajstić information content (AvgIpc) is 2.50. The lowest BCUT2D eigenvalue weighted by Crippen LogP contribution is -2.17. The van der Waals surface area contributed by atoms with Crippen molar-refractivity contribution in [2.75, 3.05) is 35.7 Å². The number of nitrogens with two attached hydrogens (primary N) is 1. The van der Waals surface area contributed by atoms with E-state index in [0.29, 0.717) is 5.95 Å². The molecule has 0 saturated heterocycles. The Hall–Kier alpha value is -2.95. The van der Waals surface area contributed by atoms with Crippen molar-refractivity contribution in [1.82, 2.24) is 15.0 Å². The number of sulfonamides is 1. The number of aromatic nitrogens is 3. The number of benzene rings is 1. The average molecular weight is 366 g/mol. The van der Waals surface area contributed by atoms with Crippen LogP contribution in [0, 0.1) is 0 Å². The number of nitrogens with one attached hydrogen (secondary N) is 1. The van der Waals surface area contributed by atoms with Crippen LogP contribution in [-0.4, -0.2) is 49.7 Å². The van der Waals surface area contributed by atoms with Gasteiger partial charge in [-0.25, -0.2) is 13.2 Å². The lowest BCUT2D eigenvalue weighted by atomic mass is 10.2. The van der Waals surface area contributed by atoms with Crippen LogP contribution in [0.3, 0.4) is 0 Å². The third-order valence-corrected chi connectivity index (χ3v) is 3.43. The number of nitrogens with zero attached hydrogens (tertiary/aromatic N) is 4. The summed E-state index contributed by atoms with van der Waals surface area (Å²) in [5.74, 6) is -0.0838. The van der Waals surface area contributed by atoms with Crippen LogP contribution >= 0.6 is 0 Å². The molecule has 3 N–H and O–H groups in total. The number of ether oxygens (including phenoxy) is 1. The lowest BCUT2D eigenvalue weighted by Gasteiger charge is -2.11. The van der Waals surface area contributed by atoms with E-state index in [1.54, 1.807) is 19.0 Å². The van der Waals surface area contributed by atoms with E-state index >= 15 is 0 Å². The first-order valence-electron chi connectivity index (χ1n) is 7.07. The summed E-state index contributed by atoms with van der Waals surface area (Å²) >= 11 is 0. The normalized spacial score (nSPS) is 11.0. The highest BCUT2D eigenvalue weighted by atomic mass is 32.2. The number of nitrogen functional groups attached to an aromatic ring is 1. The number of hydrogen-bond acceptors (Lipinski definition) is 9. The van der Waals surface area contributed by atoms with Gasteiger partial charge in [-0.2, -0.15) is 15.0 Å². The Kier molecular flexibility index (Phi) is 5.37. The Labute approximate surface area is 145 Å². The summed E-state index contributed by atoms with van der Waals surface area (Å²) in [7, 11) is 0.0416. The van der Waals surface area contributed by atoms with E-state index in [1.807, 2.05) is 0 Å². The molecule has 2 aromatic rings. The summed E-state index contributed by atoms with van der Waals surface area (Å²) in [5, 5.41) is 0. The van der Waals surface area contributed by atoms with E-state index in [9.17, 15) is 13.2 Å². The Morgan fingerprint density at radius 3 is 2.64 bits per heavy atom. The molecular weight excluding hydrogens is 348 g/mol. The van der Waals surface area contributed by atoms with Crippen molar-refractivity contribution in [3.63, 3.8) is 0 Å². The van der Waals surface area contributed by atoms with Crippen molar-refractivity contribution >= 4 is 33.6 Å². The Morgan fingerprint density at radius 1 is 1.28 bits per heavy atom. The molecule has 0 fully saturated rings. The molecule has 0 aliphatic carbocycles. The van der Waals surface area contributed by atoms with Crippen LogP contribution in [0.4, 0.5) is 17.6 Å². The minimum Gasteiger partial charge on any atom is -0.454 e. The van der Waals surface area contributed by atoms with Gasteiger partial charge in [0.15, 0.2) is 12.4 Å². The maximum absolute atomic E-state index is 12.1. The largest absolute Gasteiger partial charge is 0.454 e. The van der Waals surface area contributed by atoms with Gasteiger partial charge in [0.1, 0.15) is 0 Å². The van der Waals surface area contributed by atoms with Gasteiger partial charge in [0.25, 0.3) is 0 Å². The molecule has 134 valence electrons. The van der Waals surface area contributed by atoms with Crippen molar-refractivity contribution in [2.24, 2.45) is 0 Å². The third-order valence-electron chi connectivity index (χ3n) is 2.82. The number of esters is 1. The highest BCUT2D eigenvalue weighted by molar-refractivity contribution is 7.92. The van der Waals surface area contributed by atoms with E-state index in [-0.39, 0.29) is 29.6 Å². The minimum absolute atomic E-state index is 0.0177. The summed E-state index contributed by atoms with van der Waals surface area (Å²) in [6.45, 7) is -0.198. The van der Waals surface area contributed by atoms with Gasteiger partial charge < -0.3 is 15.4 Å².